The third-order valence-corrected chi connectivity index (χ3v) is 5.48. The molecule has 0 aromatic heterocycles. The minimum absolute atomic E-state index is 0.211. The molecule has 21 heavy (non-hydrogen) atoms. The van der Waals surface area contributed by atoms with Crippen molar-refractivity contribution in [3.63, 3.8) is 0 Å². The Balaban J connectivity index is 2.53. The van der Waals surface area contributed by atoms with Crippen molar-refractivity contribution < 1.29 is 9.47 Å². The Hall–Kier alpha value is -0.940. The molecule has 2 nitrogen and oxygen atoms in total. The minimum atomic E-state index is -0.211. The number of aryl methyl sites for hydroxylation is 2. The van der Waals surface area contributed by atoms with Gasteiger partial charge in [-0.25, -0.2) is 0 Å². The van der Waals surface area contributed by atoms with Crippen LogP contribution in [0, 0.1) is 17.4 Å². The maximum Gasteiger partial charge on any atom is 0.161 e. The second-order valence-corrected chi connectivity index (χ2v) is 6.42. The molecule has 2 aromatic carbocycles. The molecule has 0 saturated heterocycles. The van der Waals surface area contributed by atoms with E-state index in [1.54, 1.807) is 14.2 Å². The van der Waals surface area contributed by atoms with Gasteiger partial charge in [-0.05, 0) is 70.8 Å². The van der Waals surface area contributed by atoms with Gasteiger partial charge in [-0.15, -0.1) is 11.6 Å². The van der Waals surface area contributed by atoms with E-state index in [2.05, 4.69) is 41.6 Å². The maximum absolute atomic E-state index is 6.74. The fraction of sp³-hybridized carbons (Fsp3) is 0.294. The molecule has 2 aromatic rings. The molecule has 112 valence electrons. The average Bonchev–Trinajstić information content (AvgIpc) is 2.49. The summed E-state index contributed by atoms with van der Waals surface area (Å²) in [6, 6.07) is 10.1. The van der Waals surface area contributed by atoms with Crippen molar-refractivity contribution in [1.29, 1.82) is 0 Å². The Morgan fingerprint density at radius 2 is 1.57 bits per heavy atom. The van der Waals surface area contributed by atoms with Crippen molar-refractivity contribution in [2.45, 2.75) is 19.2 Å². The van der Waals surface area contributed by atoms with E-state index in [1.807, 2.05) is 25.1 Å². The molecule has 0 amide bonds. The average molecular weight is 417 g/mol. The van der Waals surface area contributed by atoms with Gasteiger partial charge >= 0.3 is 0 Å². The summed E-state index contributed by atoms with van der Waals surface area (Å²) in [5, 5.41) is -0.211. The van der Waals surface area contributed by atoms with E-state index in [9.17, 15) is 0 Å². The molecule has 1 atom stereocenters. The Kier molecular flexibility index (Phi) is 5.38. The number of halogens is 2. The number of benzene rings is 2. The molecule has 0 fully saturated rings. The van der Waals surface area contributed by atoms with Crippen molar-refractivity contribution in [2.24, 2.45) is 0 Å². The zero-order valence-electron chi connectivity index (χ0n) is 12.5. The Morgan fingerprint density at radius 3 is 2.19 bits per heavy atom. The van der Waals surface area contributed by atoms with E-state index < -0.39 is 0 Å². The second-order valence-electron chi connectivity index (χ2n) is 4.90. The first-order valence-electron chi connectivity index (χ1n) is 6.61. The maximum atomic E-state index is 6.74. The topological polar surface area (TPSA) is 18.5 Å². The highest BCUT2D eigenvalue weighted by atomic mass is 127. The van der Waals surface area contributed by atoms with Crippen LogP contribution in [-0.4, -0.2) is 14.2 Å². The van der Waals surface area contributed by atoms with Crippen LogP contribution < -0.4 is 9.47 Å². The van der Waals surface area contributed by atoms with Crippen LogP contribution >= 0.6 is 34.2 Å². The third-order valence-electron chi connectivity index (χ3n) is 3.54. The van der Waals surface area contributed by atoms with Gasteiger partial charge in [0.1, 0.15) is 0 Å². The Labute approximate surface area is 144 Å². The first-order chi connectivity index (χ1) is 9.99. The van der Waals surface area contributed by atoms with Crippen LogP contribution in [0.2, 0.25) is 0 Å². The van der Waals surface area contributed by atoms with Gasteiger partial charge in [0, 0.05) is 3.57 Å². The first-order valence-corrected chi connectivity index (χ1v) is 8.12. The summed E-state index contributed by atoms with van der Waals surface area (Å²) < 4.78 is 11.9. The highest BCUT2D eigenvalue weighted by molar-refractivity contribution is 14.1. The molecule has 0 spiro atoms. The van der Waals surface area contributed by atoms with Gasteiger partial charge in [0.2, 0.25) is 0 Å². The van der Waals surface area contributed by atoms with Crippen LogP contribution in [0.25, 0.3) is 0 Å². The summed E-state index contributed by atoms with van der Waals surface area (Å²) in [6.07, 6.45) is 0. The van der Waals surface area contributed by atoms with E-state index in [0.717, 1.165) is 22.4 Å². The van der Waals surface area contributed by atoms with Crippen molar-refractivity contribution in [3.8, 4) is 11.5 Å². The monoisotopic (exact) mass is 416 g/mol. The van der Waals surface area contributed by atoms with Gasteiger partial charge in [-0.2, -0.15) is 0 Å². The second kappa shape index (κ2) is 6.88. The number of hydrogen-bond acceptors (Lipinski definition) is 2. The van der Waals surface area contributed by atoms with E-state index in [1.165, 1.54) is 9.13 Å². The summed E-state index contributed by atoms with van der Waals surface area (Å²) in [6.45, 7) is 4.13. The fourth-order valence-electron chi connectivity index (χ4n) is 2.30. The lowest BCUT2D eigenvalue weighted by molar-refractivity contribution is 0.354. The van der Waals surface area contributed by atoms with Crippen LogP contribution in [0.3, 0.4) is 0 Å². The van der Waals surface area contributed by atoms with Crippen LogP contribution in [-0.2, 0) is 0 Å². The summed E-state index contributed by atoms with van der Waals surface area (Å²) in [7, 11) is 3.27. The predicted octanol–water partition coefficient (Wildman–Crippen LogP) is 5.25. The lowest BCUT2D eigenvalue weighted by atomic mass is 9.98. The molecule has 0 aliphatic heterocycles. The highest BCUT2D eigenvalue weighted by Crippen LogP contribution is 2.39. The smallest absolute Gasteiger partial charge is 0.161 e. The van der Waals surface area contributed by atoms with E-state index in [-0.39, 0.29) is 5.38 Å². The lowest BCUT2D eigenvalue weighted by Gasteiger charge is -2.18. The molecule has 0 saturated carbocycles. The Morgan fingerprint density at radius 1 is 0.952 bits per heavy atom. The number of hydrogen-bond donors (Lipinski definition) is 0. The van der Waals surface area contributed by atoms with Gasteiger partial charge in [0.05, 0.1) is 19.6 Å². The molecule has 2 rings (SSSR count). The van der Waals surface area contributed by atoms with E-state index in [0.29, 0.717) is 5.75 Å². The third kappa shape index (κ3) is 3.29. The van der Waals surface area contributed by atoms with Crippen LogP contribution in [0.4, 0.5) is 0 Å². The van der Waals surface area contributed by atoms with Crippen molar-refractivity contribution in [1.82, 2.24) is 0 Å². The van der Waals surface area contributed by atoms with Crippen LogP contribution in [0.15, 0.2) is 30.3 Å². The predicted molar refractivity (Wildman–Crippen MR) is 95.9 cm³/mol. The van der Waals surface area contributed by atoms with Crippen LogP contribution in [0.1, 0.15) is 27.6 Å². The summed E-state index contributed by atoms with van der Waals surface area (Å²) in [4.78, 5) is 0. The highest BCUT2D eigenvalue weighted by Gasteiger charge is 2.19. The number of rotatable bonds is 4. The van der Waals surface area contributed by atoms with Gasteiger partial charge in [-0.3, -0.25) is 0 Å². The van der Waals surface area contributed by atoms with Gasteiger partial charge in [0.25, 0.3) is 0 Å². The molecule has 0 N–H and O–H groups in total. The van der Waals surface area contributed by atoms with Crippen LogP contribution in [0.5, 0.6) is 11.5 Å². The number of alkyl halides is 1. The zero-order valence-corrected chi connectivity index (χ0v) is 15.4. The van der Waals surface area contributed by atoms with Crippen molar-refractivity contribution in [3.05, 3.63) is 56.2 Å². The molecule has 0 bridgehead atoms. The summed E-state index contributed by atoms with van der Waals surface area (Å²) in [5.41, 5.74) is 4.48. The molecule has 0 aliphatic carbocycles. The van der Waals surface area contributed by atoms with Gasteiger partial charge in [0.15, 0.2) is 11.5 Å². The summed E-state index contributed by atoms with van der Waals surface area (Å²) >= 11 is 9.09. The number of ether oxygens (including phenoxy) is 2. The molecular formula is C17H18ClIO2. The zero-order chi connectivity index (χ0) is 15.6. The first kappa shape index (κ1) is 16.4. The molecule has 1 unspecified atom stereocenters. The minimum Gasteiger partial charge on any atom is -0.493 e. The molecular weight excluding hydrogens is 399 g/mol. The summed E-state index contributed by atoms with van der Waals surface area (Å²) in [5.74, 6) is 1.42. The van der Waals surface area contributed by atoms with E-state index >= 15 is 0 Å². The molecule has 0 heterocycles. The Bertz CT molecular complexity index is 655. The largest absolute Gasteiger partial charge is 0.493 e. The fourth-order valence-corrected chi connectivity index (χ4v) is 3.57. The molecule has 4 heteroatoms. The standard InChI is InChI=1S/C17H18ClIO2/c1-10-6-5-7-12(17(10)19)16(18)13-9-15(21-4)14(20-3)8-11(13)2/h5-9,16H,1-4H3. The lowest BCUT2D eigenvalue weighted by Crippen LogP contribution is -2.02. The molecule has 0 aliphatic rings. The molecule has 0 radical (unpaired) electrons. The van der Waals surface area contributed by atoms with Crippen molar-refractivity contribution >= 4 is 34.2 Å². The number of methoxy groups -OCH3 is 2. The van der Waals surface area contributed by atoms with E-state index in [4.69, 9.17) is 21.1 Å². The normalized spacial score (nSPS) is 12.1. The quantitative estimate of drug-likeness (QED) is 0.500. The van der Waals surface area contributed by atoms with Gasteiger partial charge in [-0.1, -0.05) is 18.2 Å². The van der Waals surface area contributed by atoms with Crippen molar-refractivity contribution in [2.75, 3.05) is 14.2 Å². The van der Waals surface area contributed by atoms with Gasteiger partial charge < -0.3 is 9.47 Å². The SMILES string of the molecule is COc1cc(C)c(C(Cl)c2cccc(C)c2I)cc1OC.